The maximum Gasteiger partial charge on any atom is 0.141 e. The predicted octanol–water partition coefficient (Wildman–Crippen LogP) is 6.29. The van der Waals surface area contributed by atoms with Crippen LogP contribution in [0.1, 0.15) is 49.7 Å². The first-order valence-electron chi connectivity index (χ1n) is 9.75. The lowest BCUT2D eigenvalue weighted by Crippen LogP contribution is -2.11. The number of aromatic nitrogens is 2. The van der Waals surface area contributed by atoms with E-state index in [1.54, 1.807) is 0 Å². The molecule has 1 aliphatic rings. The van der Waals surface area contributed by atoms with Gasteiger partial charge >= 0.3 is 0 Å². The molecule has 0 amide bonds. The molecule has 2 heteroatoms. The third-order valence-corrected chi connectivity index (χ3v) is 5.76. The molecule has 2 nitrogen and oxygen atoms in total. The van der Waals surface area contributed by atoms with Crippen molar-refractivity contribution in [3.8, 4) is 11.4 Å². The Labute approximate surface area is 150 Å². The summed E-state index contributed by atoms with van der Waals surface area (Å²) >= 11 is 0. The van der Waals surface area contributed by atoms with Crippen LogP contribution in [0.2, 0.25) is 0 Å². The average Bonchev–Trinajstić information content (AvgIpc) is 2.99. The van der Waals surface area contributed by atoms with Gasteiger partial charge in [-0.1, -0.05) is 68.0 Å². The Hall–Kier alpha value is -2.09. The molecule has 2 aromatic carbocycles. The molecule has 1 aromatic heterocycles. The van der Waals surface area contributed by atoms with Crippen molar-refractivity contribution in [1.82, 2.24) is 9.55 Å². The molecule has 130 valence electrons. The van der Waals surface area contributed by atoms with Gasteiger partial charge in [0.1, 0.15) is 5.82 Å². The molecule has 0 aliphatic heterocycles. The van der Waals surface area contributed by atoms with E-state index in [9.17, 15) is 0 Å². The first kappa shape index (κ1) is 16.4. The lowest BCUT2D eigenvalue weighted by molar-refractivity contribution is 0.326. The molecule has 1 saturated carbocycles. The molecule has 0 unspecified atom stereocenters. The first-order valence-corrected chi connectivity index (χ1v) is 9.75. The Balaban J connectivity index is 1.72. The van der Waals surface area contributed by atoms with Gasteiger partial charge in [-0.2, -0.15) is 0 Å². The Morgan fingerprint density at radius 3 is 2.60 bits per heavy atom. The van der Waals surface area contributed by atoms with Crippen molar-refractivity contribution in [2.45, 2.75) is 58.9 Å². The van der Waals surface area contributed by atoms with Crippen LogP contribution in [0, 0.1) is 19.8 Å². The molecule has 0 saturated heterocycles. The topological polar surface area (TPSA) is 17.8 Å². The van der Waals surface area contributed by atoms with Crippen molar-refractivity contribution in [2.24, 2.45) is 5.92 Å². The summed E-state index contributed by atoms with van der Waals surface area (Å²) in [7, 11) is 0. The fourth-order valence-corrected chi connectivity index (χ4v) is 4.36. The number of benzene rings is 2. The van der Waals surface area contributed by atoms with Gasteiger partial charge in [0.25, 0.3) is 0 Å². The molecule has 0 radical (unpaired) electrons. The van der Waals surface area contributed by atoms with Crippen LogP contribution in [0.4, 0.5) is 0 Å². The Morgan fingerprint density at radius 2 is 1.80 bits per heavy atom. The Bertz CT molecular complexity index is 869. The summed E-state index contributed by atoms with van der Waals surface area (Å²) in [5.41, 5.74) is 6.28. The van der Waals surface area contributed by atoms with Gasteiger partial charge in [-0.15, -0.1) is 0 Å². The molecule has 1 heterocycles. The third kappa shape index (κ3) is 3.35. The number of nitrogens with zero attached hydrogens (tertiary/aromatic N) is 2. The Kier molecular flexibility index (Phi) is 4.61. The highest BCUT2D eigenvalue weighted by Crippen LogP contribution is 2.31. The monoisotopic (exact) mass is 332 g/mol. The fraction of sp³-hybridized carbons (Fsp3) is 0.435. The predicted molar refractivity (Wildman–Crippen MR) is 106 cm³/mol. The van der Waals surface area contributed by atoms with E-state index in [0.29, 0.717) is 0 Å². The number of para-hydroxylation sites is 2. The van der Waals surface area contributed by atoms with Gasteiger partial charge < -0.3 is 4.57 Å². The summed E-state index contributed by atoms with van der Waals surface area (Å²) in [4.78, 5) is 5.00. The molecule has 0 atom stereocenters. The quantitative estimate of drug-likeness (QED) is 0.549. The fourth-order valence-electron chi connectivity index (χ4n) is 4.36. The molecule has 0 N–H and O–H groups in total. The van der Waals surface area contributed by atoms with E-state index < -0.39 is 0 Å². The number of aryl methyl sites for hydroxylation is 3. The van der Waals surface area contributed by atoms with Crippen molar-refractivity contribution in [3.05, 3.63) is 53.6 Å². The summed E-state index contributed by atoms with van der Waals surface area (Å²) in [6, 6.07) is 15.3. The number of hydrogen-bond acceptors (Lipinski definition) is 1. The third-order valence-electron chi connectivity index (χ3n) is 5.76. The highest BCUT2D eigenvalue weighted by atomic mass is 15.1. The molecule has 3 aromatic rings. The largest absolute Gasteiger partial charge is 0.324 e. The van der Waals surface area contributed by atoms with Crippen LogP contribution in [0.3, 0.4) is 0 Å². The lowest BCUT2D eigenvalue weighted by atomic mass is 9.87. The Morgan fingerprint density at radius 1 is 1.00 bits per heavy atom. The van der Waals surface area contributed by atoms with Gasteiger partial charge in [-0.25, -0.2) is 4.98 Å². The van der Waals surface area contributed by atoms with E-state index in [-0.39, 0.29) is 0 Å². The number of imidazole rings is 1. The maximum absolute atomic E-state index is 5.00. The van der Waals surface area contributed by atoms with Crippen LogP contribution >= 0.6 is 0 Å². The molecular weight excluding hydrogens is 304 g/mol. The summed E-state index contributed by atoms with van der Waals surface area (Å²) in [6.45, 7) is 5.43. The van der Waals surface area contributed by atoms with Crippen molar-refractivity contribution in [2.75, 3.05) is 0 Å². The molecule has 4 rings (SSSR count). The van der Waals surface area contributed by atoms with E-state index in [1.165, 1.54) is 60.7 Å². The van der Waals surface area contributed by atoms with Crippen molar-refractivity contribution < 1.29 is 0 Å². The number of hydrogen-bond donors (Lipinski definition) is 0. The second-order valence-electron chi connectivity index (χ2n) is 7.69. The molecular formula is C23H28N2. The molecule has 1 aliphatic carbocycles. The zero-order valence-electron chi connectivity index (χ0n) is 15.5. The summed E-state index contributed by atoms with van der Waals surface area (Å²) in [6.07, 6.45) is 8.35. The van der Waals surface area contributed by atoms with E-state index in [4.69, 9.17) is 4.98 Å². The van der Waals surface area contributed by atoms with Gasteiger partial charge in [0, 0.05) is 12.1 Å². The van der Waals surface area contributed by atoms with E-state index in [0.717, 1.165) is 23.8 Å². The van der Waals surface area contributed by atoms with Gasteiger partial charge in [0.05, 0.1) is 11.0 Å². The summed E-state index contributed by atoms with van der Waals surface area (Å²) < 4.78 is 2.46. The second-order valence-corrected chi connectivity index (χ2v) is 7.69. The van der Waals surface area contributed by atoms with E-state index in [2.05, 4.69) is 60.9 Å². The standard InChI is InChI=1S/C23H28N2/c1-17-12-13-20(18(2)16-17)23-24-21-10-6-7-11-22(21)25(23)15-14-19-8-4-3-5-9-19/h6-7,10-13,16,19H,3-5,8-9,14-15H2,1-2H3. The molecule has 0 spiro atoms. The minimum absolute atomic E-state index is 0.891. The van der Waals surface area contributed by atoms with Crippen LogP contribution in [-0.4, -0.2) is 9.55 Å². The first-order chi connectivity index (χ1) is 12.2. The maximum atomic E-state index is 5.00. The molecule has 25 heavy (non-hydrogen) atoms. The smallest absolute Gasteiger partial charge is 0.141 e. The van der Waals surface area contributed by atoms with Crippen LogP contribution in [0.5, 0.6) is 0 Å². The highest BCUT2D eigenvalue weighted by Gasteiger charge is 2.17. The highest BCUT2D eigenvalue weighted by molar-refractivity contribution is 5.81. The van der Waals surface area contributed by atoms with Crippen molar-refractivity contribution in [3.63, 3.8) is 0 Å². The van der Waals surface area contributed by atoms with Gasteiger partial charge in [0.15, 0.2) is 0 Å². The average molecular weight is 332 g/mol. The summed E-state index contributed by atoms with van der Waals surface area (Å²) in [5, 5.41) is 0. The van der Waals surface area contributed by atoms with E-state index in [1.807, 2.05) is 0 Å². The lowest BCUT2D eigenvalue weighted by Gasteiger charge is -2.22. The minimum atomic E-state index is 0.891. The zero-order chi connectivity index (χ0) is 17.2. The van der Waals surface area contributed by atoms with Gasteiger partial charge in [-0.3, -0.25) is 0 Å². The number of fused-ring (bicyclic) bond motifs is 1. The molecule has 1 fully saturated rings. The summed E-state index contributed by atoms with van der Waals surface area (Å²) in [5.74, 6) is 2.02. The van der Waals surface area contributed by atoms with Crippen LogP contribution in [0.15, 0.2) is 42.5 Å². The van der Waals surface area contributed by atoms with Crippen LogP contribution in [-0.2, 0) is 6.54 Å². The second kappa shape index (κ2) is 7.03. The van der Waals surface area contributed by atoms with E-state index >= 15 is 0 Å². The van der Waals surface area contributed by atoms with Crippen LogP contribution < -0.4 is 0 Å². The minimum Gasteiger partial charge on any atom is -0.324 e. The van der Waals surface area contributed by atoms with Gasteiger partial charge in [-0.05, 0) is 43.9 Å². The van der Waals surface area contributed by atoms with Crippen molar-refractivity contribution >= 4 is 11.0 Å². The SMILES string of the molecule is Cc1ccc(-c2nc3ccccc3n2CCC2CCCCC2)c(C)c1. The van der Waals surface area contributed by atoms with Crippen LogP contribution in [0.25, 0.3) is 22.4 Å². The molecule has 0 bridgehead atoms. The zero-order valence-corrected chi connectivity index (χ0v) is 15.5. The number of rotatable bonds is 4. The van der Waals surface area contributed by atoms with Gasteiger partial charge in [0.2, 0.25) is 0 Å². The normalized spacial score (nSPS) is 15.8. The van der Waals surface area contributed by atoms with Crippen molar-refractivity contribution in [1.29, 1.82) is 0 Å².